The number of imide groups is 1. The van der Waals surface area contributed by atoms with Crippen LogP contribution in [0.3, 0.4) is 0 Å². The second-order valence-corrected chi connectivity index (χ2v) is 9.84. The lowest BCUT2D eigenvalue weighted by atomic mass is 9.79. The molecule has 2 heterocycles. The van der Waals surface area contributed by atoms with E-state index in [1.54, 1.807) is 0 Å². The van der Waals surface area contributed by atoms with Gasteiger partial charge in [0.15, 0.2) is 0 Å². The predicted molar refractivity (Wildman–Crippen MR) is 114 cm³/mol. The van der Waals surface area contributed by atoms with E-state index in [2.05, 4.69) is 57.7 Å². The Balaban J connectivity index is 1.99. The van der Waals surface area contributed by atoms with E-state index in [4.69, 9.17) is 0 Å². The fraction of sp³-hybridized carbons (Fsp3) is 0.545. The molecule has 0 N–H and O–H groups in total. The smallest absolute Gasteiger partial charge is 0.293 e. The normalized spacial score (nSPS) is 23.7. The number of hydrogen-bond acceptors (Lipinski definition) is 4. The van der Waals surface area contributed by atoms with Gasteiger partial charge in [-0.05, 0) is 95.0 Å². The first-order valence-corrected chi connectivity index (χ1v) is 10.5. The van der Waals surface area contributed by atoms with E-state index in [0.717, 1.165) is 23.7 Å². The summed E-state index contributed by atoms with van der Waals surface area (Å²) in [7, 11) is 0. The molecule has 2 aliphatic rings. The van der Waals surface area contributed by atoms with Gasteiger partial charge in [0, 0.05) is 23.3 Å². The van der Waals surface area contributed by atoms with E-state index in [1.807, 2.05) is 19.9 Å². The lowest BCUT2D eigenvalue weighted by molar-refractivity contribution is -0.123. The van der Waals surface area contributed by atoms with Gasteiger partial charge in [-0.2, -0.15) is 0 Å². The number of amides is 2. The molecule has 2 amide bonds. The molecule has 2 aliphatic heterocycles. The maximum atomic E-state index is 12.5. The number of fused-ring (bicyclic) bond motifs is 1. The fourth-order valence-electron chi connectivity index (χ4n) is 4.61. The van der Waals surface area contributed by atoms with Crippen molar-refractivity contribution in [2.24, 2.45) is 0 Å². The molecule has 0 radical (unpaired) electrons. The Kier molecular flexibility index (Phi) is 5.19. The number of thioether (sulfide) groups is 1. The van der Waals surface area contributed by atoms with Crippen molar-refractivity contribution in [1.82, 2.24) is 4.90 Å². The summed E-state index contributed by atoms with van der Waals surface area (Å²) in [6.07, 6.45) is 2.95. The quantitative estimate of drug-likeness (QED) is 0.631. The first-order chi connectivity index (χ1) is 12.5. The van der Waals surface area contributed by atoms with Crippen LogP contribution in [-0.2, 0) is 4.79 Å². The lowest BCUT2D eigenvalue weighted by Crippen LogP contribution is -2.51. The molecule has 1 fully saturated rings. The summed E-state index contributed by atoms with van der Waals surface area (Å²) < 4.78 is 0. The van der Waals surface area contributed by atoms with Crippen LogP contribution in [0.4, 0.5) is 10.5 Å². The topological polar surface area (TPSA) is 40.6 Å². The Labute approximate surface area is 167 Å². The van der Waals surface area contributed by atoms with Gasteiger partial charge in [-0.3, -0.25) is 14.5 Å². The van der Waals surface area contributed by atoms with Crippen molar-refractivity contribution >= 4 is 34.7 Å². The Morgan fingerprint density at radius 2 is 1.81 bits per heavy atom. The van der Waals surface area contributed by atoms with Crippen LogP contribution in [0.5, 0.6) is 0 Å². The number of carbonyl (C=O) groups is 2. The molecule has 0 aliphatic carbocycles. The third-order valence-corrected chi connectivity index (χ3v) is 6.34. The van der Waals surface area contributed by atoms with Crippen LogP contribution >= 0.6 is 11.8 Å². The molecule has 0 saturated carbocycles. The minimum absolute atomic E-state index is 0.113. The predicted octanol–water partition coefficient (Wildman–Crippen LogP) is 5.63. The largest absolute Gasteiger partial charge is 0.364 e. The maximum Gasteiger partial charge on any atom is 0.293 e. The first-order valence-electron chi connectivity index (χ1n) is 9.73. The summed E-state index contributed by atoms with van der Waals surface area (Å²) in [5.74, 6) is 0.264. The third kappa shape index (κ3) is 3.54. The highest BCUT2D eigenvalue weighted by atomic mass is 32.2. The number of carbonyl (C=O) groups excluding carboxylic acids is 2. The van der Waals surface area contributed by atoms with Crippen LogP contribution in [0, 0.1) is 0 Å². The minimum Gasteiger partial charge on any atom is -0.364 e. The molecule has 4 nitrogen and oxygen atoms in total. The van der Waals surface area contributed by atoms with E-state index in [0.29, 0.717) is 16.9 Å². The third-order valence-electron chi connectivity index (χ3n) is 5.45. The highest BCUT2D eigenvalue weighted by Crippen LogP contribution is 2.45. The molecular formula is C22H30N2O2S. The molecular weight excluding hydrogens is 356 g/mol. The second-order valence-electron chi connectivity index (χ2n) is 8.85. The van der Waals surface area contributed by atoms with Gasteiger partial charge in [-0.1, -0.05) is 13.0 Å². The molecule has 27 heavy (non-hydrogen) atoms. The summed E-state index contributed by atoms with van der Waals surface area (Å²) in [4.78, 5) is 29.0. The lowest BCUT2D eigenvalue weighted by Gasteiger charge is -2.50. The van der Waals surface area contributed by atoms with Gasteiger partial charge in [0.1, 0.15) is 0 Å². The van der Waals surface area contributed by atoms with Crippen LogP contribution in [0.2, 0.25) is 0 Å². The van der Waals surface area contributed by atoms with Gasteiger partial charge in [0.05, 0.1) is 4.91 Å². The van der Waals surface area contributed by atoms with Crippen LogP contribution in [0.15, 0.2) is 23.1 Å². The summed E-state index contributed by atoms with van der Waals surface area (Å²) in [6, 6.07) is 6.72. The van der Waals surface area contributed by atoms with E-state index in [-0.39, 0.29) is 22.7 Å². The first kappa shape index (κ1) is 20.0. The SMILES string of the molecule is CC(C)N1C(=O)S/C(=C\c2ccc3c(c2)[C@H](C)CC(C)(C)N3C(C)C)C1=O. The molecule has 0 aromatic heterocycles. The van der Waals surface area contributed by atoms with Crippen LogP contribution in [0.25, 0.3) is 6.08 Å². The monoisotopic (exact) mass is 386 g/mol. The van der Waals surface area contributed by atoms with Gasteiger partial charge in [0.2, 0.25) is 0 Å². The maximum absolute atomic E-state index is 12.5. The zero-order valence-electron chi connectivity index (χ0n) is 17.4. The molecule has 1 saturated heterocycles. The Morgan fingerprint density at radius 1 is 1.15 bits per heavy atom. The molecule has 1 aromatic rings. The zero-order chi connectivity index (χ0) is 20.1. The number of rotatable bonds is 3. The summed E-state index contributed by atoms with van der Waals surface area (Å²) in [5.41, 5.74) is 3.70. The Hall–Kier alpha value is -1.75. The van der Waals surface area contributed by atoms with Crippen molar-refractivity contribution in [3.8, 4) is 0 Å². The summed E-state index contributed by atoms with van der Waals surface area (Å²) >= 11 is 1.04. The minimum atomic E-state index is -0.185. The van der Waals surface area contributed by atoms with Gasteiger partial charge in [0.25, 0.3) is 11.1 Å². The Bertz CT molecular complexity index is 811. The highest BCUT2D eigenvalue weighted by molar-refractivity contribution is 8.18. The zero-order valence-corrected chi connectivity index (χ0v) is 18.2. The second kappa shape index (κ2) is 7.01. The number of hydrogen-bond donors (Lipinski definition) is 0. The summed E-state index contributed by atoms with van der Waals surface area (Å²) in [5, 5.41) is -0.180. The van der Waals surface area contributed by atoms with Gasteiger partial charge < -0.3 is 4.90 Å². The molecule has 0 spiro atoms. The van der Waals surface area contributed by atoms with E-state index < -0.39 is 0 Å². The van der Waals surface area contributed by atoms with Crippen LogP contribution in [0.1, 0.15) is 71.9 Å². The number of benzene rings is 1. The average molecular weight is 387 g/mol. The number of nitrogens with zero attached hydrogens (tertiary/aromatic N) is 2. The van der Waals surface area contributed by atoms with Crippen LogP contribution < -0.4 is 4.90 Å². The van der Waals surface area contributed by atoms with Crippen molar-refractivity contribution in [1.29, 1.82) is 0 Å². The van der Waals surface area contributed by atoms with Gasteiger partial charge in [-0.25, -0.2) is 0 Å². The highest BCUT2D eigenvalue weighted by Gasteiger charge is 2.38. The number of anilines is 1. The molecule has 1 aromatic carbocycles. The molecule has 3 rings (SSSR count). The van der Waals surface area contributed by atoms with Crippen molar-refractivity contribution < 1.29 is 9.59 Å². The van der Waals surface area contributed by atoms with Gasteiger partial charge in [-0.15, -0.1) is 0 Å². The van der Waals surface area contributed by atoms with Crippen molar-refractivity contribution in [3.05, 3.63) is 34.2 Å². The van der Waals surface area contributed by atoms with Crippen molar-refractivity contribution in [2.75, 3.05) is 4.90 Å². The molecule has 0 unspecified atom stereocenters. The molecule has 1 atom stereocenters. The van der Waals surface area contributed by atoms with E-state index in [1.165, 1.54) is 16.2 Å². The van der Waals surface area contributed by atoms with Crippen molar-refractivity contribution in [2.45, 2.75) is 78.4 Å². The Morgan fingerprint density at radius 3 is 2.37 bits per heavy atom. The van der Waals surface area contributed by atoms with Crippen molar-refractivity contribution in [3.63, 3.8) is 0 Å². The van der Waals surface area contributed by atoms with Crippen LogP contribution in [-0.4, -0.2) is 33.7 Å². The van der Waals surface area contributed by atoms with E-state index in [9.17, 15) is 9.59 Å². The summed E-state index contributed by atoms with van der Waals surface area (Å²) in [6.45, 7) is 15.1. The van der Waals surface area contributed by atoms with Gasteiger partial charge >= 0.3 is 0 Å². The standard InChI is InChI=1S/C22H30N2O2S/c1-13(2)23-20(25)19(27-21(23)26)11-16-8-9-18-17(10-16)15(5)12-22(6,7)24(18)14(3)4/h8-11,13-15H,12H2,1-7H3/b19-11-/t15-/m1/s1. The average Bonchev–Trinajstić information content (AvgIpc) is 2.80. The fourth-order valence-corrected chi connectivity index (χ4v) is 5.57. The molecule has 146 valence electrons. The van der Waals surface area contributed by atoms with E-state index >= 15 is 0 Å². The molecule has 5 heteroatoms. The molecule has 0 bridgehead atoms.